The molecule has 1 aliphatic rings. The van der Waals surface area contributed by atoms with E-state index < -0.39 is 0 Å². The molecule has 0 bridgehead atoms. The van der Waals surface area contributed by atoms with Crippen molar-refractivity contribution >= 4 is 17.4 Å². The van der Waals surface area contributed by atoms with Crippen molar-refractivity contribution in [1.82, 2.24) is 14.9 Å². The molecule has 126 valence electrons. The second-order valence-electron chi connectivity index (χ2n) is 6.13. The maximum absolute atomic E-state index is 12.5. The predicted octanol–water partition coefficient (Wildman–Crippen LogP) is 3.80. The molecule has 2 aromatic rings. The summed E-state index contributed by atoms with van der Waals surface area (Å²) in [5.41, 5.74) is 2.68. The van der Waals surface area contributed by atoms with Crippen LogP contribution >= 0.6 is 0 Å². The molecule has 2 heterocycles. The van der Waals surface area contributed by atoms with Gasteiger partial charge in [0.1, 0.15) is 11.5 Å². The molecule has 5 nitrogen and oxygen atoms in total. The number of nitrogens with one attached hydrogen (secondary N) is 1. The minimum atomic E-state index is -0.00934. The van der Waals surface area contributed by atoms with Crippen LogP contribution in [0.2, 0.25) is 0 Å². The van der Waals surface area contributed by atoms with Crippen LogP contribution in [0.15, 0.2) is 36.7 Å². The average Bonchev–Trinajstić information content (AvgIpc) is 2.92. The molecule has 0 aliphatic carbocycles. The van der Waals surface area contributed by atoms with E-state index in [4.69, 9.17) is 0 Å². The van der Waals surface area contributed by atoms with Crippen molar-refractivity contribution in [2.45, 2.75) is 39.0 Å². The molecule has 0 saturated carbocycles. The minimum Gasteiger partial charge on any atom is -0.339 e. The highest BCUT2D eigenvalue weighted by Crippen LogP contribution is 2.20. The largest absolute Gasteiger partial charge is 0.339 e. The van der Waals surface area contributed by atoms with E-state index in [9.17, 15) is 4.79 Å². The van der Waals surface area contributed by atoms with E-state index in [-0.39, 0.29) is 5.91 Å². The molecule has 0 spiro atoms. The van der Waals surface area contributed by atoms with Crippen LogP contribution in [-0.2, 0) is 6.42 Å². The van der Waals surface area contributed by atoms with Crippen LogP contribution in [0.1, 0.15) is 48.7 Å². The van der Waals surface area contributed by atoms with Gasteiger partial charge < -0.3 is 10.2 Å². The first-order valence-corrected chi connectivity index (χ1v) is 8.74. The lowest BCUT2D eigenvalue weighted by Gasteiger charge is -2.19. The fourth-order valence-corrected chi connectivity index (χ4v) is 3.03. The maximum Gasteiger partial charge on any atom is 0.274 e. The summed E-state index contributed by atoms with van der Waals surface area (Å²) >= 11 is 0. The molecule has 0 atom stereocenters. The van der Waals surface area contributed by atoms with Crippen LogP contribution in [0.3, 0.4) is 0 Å². The number of aryl methyl sites for hydroxylation is 1. The number of hydrogen-bond donors (Lipinski definition) is 1. The number of benzene rings is 1. The molecule has 1 aromatic carbocycles. The fourth-order valence-electron chi connectivity index (χ4n) is 3.03. The van der Waals surface area contributed by atoms with E-state index in [1.165, 1.54) is 18.4 Å². The minimum absolute atomic E-state index is 0.00934. The highest BCUT2D eigenvalue weighted by atomic mass is 16.2. The normalized spacial score (nSPS) is 15.0. The zero-order valence-corrected chi connectivity index (χ0v) is 14.2. The fraction of sp³-hybridized carbons (Fsp3) is 0.421. The average molecular weight is 324 g/mol. The first kappa shape index (κ1) is 16.4. The van der Waals surface area contributed by atoms with Gasteiger partial charge >= 0.3 is 0 Å². The molecule has 1 fully saturated rings. The van der Waals surface area contributed by atoms with Gasteiger partial charge in [-0.15, -0.1) is 0 Å². The molecule has 0 radical (unpaired) electrons. The third-order valence-electron chi connectivity index (χ3n) is 4.43. The lowest BCUT2D eigenvalue weighted by Crippen LogP contribution is -2.32. The number of anilines is 2. The Morgan fingerprint density at radius 3 is 2.50 bits per heavy atom. The Hall–Kier alpha value is -2.43. The number of hydrogen-bond acceptors (Lipinski definition) is 4. The van der Waals surface area contributed by atoms with Gasteiger partial charge in [0.05, 0.1) is 12.4 Å². The first-order chi connectivity index (χ1) is 11.8. The lowest BCUT2D eigenvalue weighted by molar-refractivity contribution is 0.0755. The van der Waals surface area contributed by atoms with Gasteiger partial charge in [0.25, 0.3) is 5.91 Å². The van der Waals surface area contributed by atoms with Gasteiger partial charge in [0.15, 0.2) is 0 Å². The van der Waals surface area contributed by atoms with Crippen molar-refractivity contribution in [3.8, 4) is 0 Å². The third-order valence-corrected chi connectivity index (χ3v) is 4.43. The molecule has 1 aliphatic heterocycles. The van der Waals surface area contributed by atoms with E-state index in [0.29, 0.717) is 11.5 Å². The van der Waals surface area contributed by atoms with E-state index in [2.05, 4.69) is 28.3 Å². The molecule has 24 heavy (non-hydrogen) atoms. The zero-order chi connectivity index (χ0) is 16.8. The second-order valence-corrected chi connectivity index (χ2v) is 6.13. The Morgan fingerprint density at radius 2 is 1.83 bits per heavy atom. The maximum atomic E-state index is 12.5. The molecule has 0 unspecified atom stereocenters. The lowest BCUT2D eigenvalue weighted by atomic mass is 10.1. The summed E-state index contributed by atoms with van der Waals surface area (Å²) in [7, 11) is 0. The van der Waals surface area contributed by atoms with Crippen molar-refractivity contribution in [2.24, 2.45) is 0 Å². The van der Waals surface area contributed by atoms with Crippen molar-refractivity contribution < 1.29 is 4.79 Å². The van der Waals surface area contributed by atoms with Crippen molar-refractivity contribution in [3.63, 3.8) is 0 Å². The Balaban J connectivity index is 1.69. The molecular formula is C19H24N4O. The van der Waals surface area contributed by atoms with Crippen LogP contribution in [-0.4, -0.2) is 33.9 Å². The molecule has 1 N–H and O–H groups in total. The van der Waals surface area contributed by atoms with Crippen molar-refractivity contribution in [1.29, 1.82) is 0 Å². The summed E-state index contributed by atoms with van der Waals surface area (Å²) in [5.74, 6) is 0.647. The Labute approximate surface area is 143 Å². The summed E-state index contributed by atoms with van der Waals surface area (Å²) in [5, 5.41) is 3.28. The van der Waals surface area contributed by atoms with Gasteiger partial charge in [0.2, 0.25) is 0 Å². The van der Waals surface area contributed by atoms with Crippen molar-refractivity contribution in [3.05, 3.63) is 47.9 Å². The Bertz CT molecular complexity index is 676. The topological polar surface area (TPSA) is 58.1 Å². The summed E-state index contributed by atoms with van der Waals surface area (Å²) < 4.78 is 0. The van der Waals surface area contributed by atoms with E-state index in [1.54, 1.807) is 12.4 Å². The monoisotopic (exact) mass is 324 g/mol. The molecule has 1 saturated heterocycles. The van der Waals surface area contributed by atoms with Gasteiger partial charge in [-0.1, -0.05) is 38.0 Å². The number of aromatic nitrogens is 2. The van der Waals surface area contributed by atoms with Gasteiger partial charge in [-0.05, 0) is 30.9 Å². The van der Waals surface area contributed by atoms with Crippen LogP contribution in [0.25, 0.3) is 0 Å². The quantitative estimate of drug-likeness (QED) is 0.929. The van der Waals surface area contributed by atoms with Crippen LogP contribution in [0, 0.1) is 0 Å². The predicted molar refractivity (Wildman–Crippen MR) is 95.5 cm³/mol. The van der Waals surface area contributed by atoms with Gasteiger partial charge in [-0.2, -0.15) is 0 Å². The summed E-state index contributed by atoms with van der Waals surface area (Å²) in [6.45, 7) is 3.77. The third kappa shape index (κ3) is 3.91. The molecule has 3 rings (SSSR count). The van der Waals surface area contributed by atoms with Crippen molar-refractivity contribution in [2.75, 3.05) is 18.4 Å². The van der Waals surface area contributed by atoms with Crippen LogP contribution in [0.4, 0.5) is 11.5 Å². The van der Waals surface area contributed by atoms with Crippen LogP contribution in [0.5, 0.6) is 0 Å². The number of nitrogens with zero attached hydrogens (tertiary/aromatic N) is 3. The number of carbonyl (C=O) groups excluding carboxylic acids is 1. The number of rotatable bonds is 4. The van der Waals surface area contributed by atoms with E-state index in [0.717, 1.165) is 38.0 Å². The highest BCUT2D eigenvalue weighted by molar-refractivity contribution is 5.92. The van der Waals surface area contributed by atoms with E-state index in [1.807, 2.05) is 23.1 Å². The van der Waals surface area contributed by atoms with Gasteiger partial charge in [0, 0.05) is 18.8 Å². The highest BCUT2D eigenvalue weighted by Gasteiger charge is 2.18. The number of para-hydroxylation sites is 1. The van der Waals surface area contributed by atoms with Crippen LogP contribution < -0.4 is 5.32 Å². The SMILES string of the molecule is CCc1ccccc1Nc1cnc(C(=O)N2CCCCCC2)cn1. The standard InChI is InChI=1S/C19H24N4O/c1-2-15-9-5-6-10-16(15)22-18-14-20-17(13-21-18)19(24)23-11-7-3-4-8-12-23/h5-6,9-10,13-14H,2-4,7-8,11-12H2,1H3,(H,21,22). The van der Waals surface area contributed by atoms with E-state index >= 15 is 0 Å². The van der Waals surface area contributed by atoms with Gasteiger partial charge in [-0.25, -0.2) is 9.97 Å². The second kappa shape index (κ2) is 7.90. The molecule has 5 heteroatoms. The van der Waals surface area contributed by atoms with Gasteiger partial charge in [-0.3, -0.25) is 4.79 Å². The Morgan fingerprint density at radius 1 is 1.08 bits per heavy atom. The summed E-state index contributed by atoms with van der Waals surface area (Å²) in [4.78, 5) is 23.1. The summed E-state index contributed by atoms with van der Waals surface area (Å²) in [6, 6.07) is 8.13. The molecule has 1 aromatic heterocycles. The smallest absolute Gasteiger partial charge is 0.274 e. The first-order valence-electron chi connectivity index (χ1n) is 8.74. The number of amides is 1. The molecular weight excluding hydrogens is 300 g/mol. The number of likely N-dealkylation sites (tertiary alicyclic amines) is 1. The zero-order valence-electron chi connectivity index (χ0n) is 14.2. The molecule has 1 amide bonds. The number of carbonyl (C=O) groups is 1. The summed E-state index contributed by atoms with van der Waals surface area (Å²) in [6.07, 6.45) is 8.72. The Kier molecular flexibility index (Phi) is 5.41.